The summed E-state index contributed by atoms with van der Waals surface area (Å²) in [5, 5.41) is 0. The zero-order valence-corrected chi connectivity index (χ0v) is 6.51. The summed E-state index contributed by atoms with van der Waals surface area (Å²) >= 11 is 0. The summed E-state index contributed by atoms with van der Waals surface area (Å²) in [7, 11) is 0. The highest BCUT2D eigenvalue weighted by atomic mass is 19.1. The molecular weight excluding hydrogens is 143 g/mol. The van der Waals surface area contributed by atoms with Crippen LogP contribution < -0.4 is 4.74 Å². The van der Waals surface area contributed by atoms with Gasteiger partial charge in [0.1, 0.15) is 11.6 Å². The molecule has 0 aliphatic rings. The third-order valence-electron chi connectivity index (χ3n) is 1.27. The molecule has 0 N–H and O–H groups in total. The van der Waals surface area contributed by atoms with E-state index < -0.39 is 0 Å². The molecule has 0 aliphatic heterocycles. The highest BCUT2D eigenvalue weighted by Gasteiger charge is 1.93. The smallest absolute Gasteiger partial charge is 0.126 e. The monoisotopic (exact) mass is 154 g/mol. The maximum absolute atomic E-state index is 12.5. The molecule has 1 aromatic rings. The van der Waals surface area contributed by atoms with Gasteiger partial charge in [0.25, 0.3) is 0 Å². The Morgan fingerprint density at radius 3 is 2.91 bits per heavy atom. The number of hydrogen-bond acceptors (Lipinski definition) is 1. The third kappa shape index (κ3) is 2.58. The molecule has 0 atom stereocenters. The fourth-order valence-electron chi connectivity index (χ4n) is 0.777. The predicted octanol–water partition coefficient (Wildman–Crippen LogP) is 2.61. The molecule has 0 radical (unpaired) electrons. The third-order valence-corrected chi connectivity index (χ3v) is 1.27. The maximum Gasteiger partial charge on any atom is 0.126 e. The number of hydrogen-bond donors (Lipinski definition) is 0. The van der Waals surface area contributed by atoms with Crippen molar-refractivity contribution in [2.45, 2.75) is 13.3 Å². The Hall–Kier alpha value is -1.05. The predicted molar refractivity (Wildman–Crippen MR) is 42.2 cm³/mol. The first kappa shape index (κ1) is 8.05. The topological polar surface area (TPSA) is 9.23 Å². The normalized spacial score (nSPS) is 9.64. The number of rotatable bonds is 3. The van der Waals surface area contributed by atoms with Gasteiger partial charge in [-0.1, -0.05) is 13.0 Å². The van der Waals surface area contributed by atoms with Crippen molar-refractivity contribution in [1.82, 2.24) is 0 Å². The molecule has 60 valence electrons. The van der Waals surface area contributed by atoms with Gasteiger partial charge in [-0.3, -0.25) is 0 Å². The molecule has 0 spiro atoms. The number of ether oxygens (including phenoxy) is 1. The van der Waals surface area contributed by atoms with Crippen LogP contribution in [0.15, 0.2) is 24.3 Å². The highest BCUT2D eigenvalue weighted by Crippen LogP contribution is 2.11. The Balaban J connectivity index is 2.56. The Kier molecular flexibility index (Phi) is 2.90. The van der Waals surface area contributed by atoms with Crippen LogP contribution in [0.1, 0.15) is 13.3 Å². The van der Waals surface area contributed by atoms with E-state index in [2.05, 4.69) is 0 Å². The minimum absolute atomic E-state index is 0.251. The van der Waals surface area contributed by atoms with Crippen molar-refractivity contribution in [2.75, 3.05) is 6.61 Å². The molecule has 0 fully saturated rings. The second-order valence-corrected chi connectivity index (χ2v) is 2.31. The summed E-state index contributed by atoms with van der Waals surface area (Å²) in [6.45, 7) is 2.66. The molecule has 1 rings (SSSR count). The zero-order chi connectivity index (χ0) is 8.10. The molecule has 0 aromatic heterocycles. The number of benzene rings is 1. The molecule has 0 saturated heterocycles. The van der Waals surface area contributed by atoms with E-state index in [0.717, 1.165) is 6.42 Å². The molecule has 0 bridgehead atoms. The van der Waals surface area contributed by atoms with E-state index in [1.165, 1.54) is 12.1 Å². The fourth-order valence-corrected chi connectivity index (χ4v) is 0.777. The van der Waals surface area contributed by atoms with Crippen LogP contribution in [0.5, 0.6) is 5.75 Å². The van der Waals surface area contributed by atoms with E-state index in [-0.39, 0.29) is 5.82 Å². The van der Waals surface area contributed by atoms with Crippen LogP contribution in [0.3, 0.4) is 0 Å². The summed E-state index contributed by atoms with van der Waals surface area (Å²) in [4.78, 5) is 0. The van der Waals surface area contributed by atoms with Crippen LogP contribution in [0.25, 0.3) is 0 Å². The van der Waals surface area contributed by atoms with Crippen LogP contribution in [-0.2, 0) is 0 Å². The quantitative estimate of drug-likeness (QED) is 0.650. The maximum atomic E-state index is 12.5. The summed E-state index contributed by atoms with van der Waals surface area (Å²) in [6.07, 6.45) is 0.941. The average Bonchev–Trinajstić information content (AvgIpc) is 2.01. The molecule has 0 aliphatic carbocycles. The molecule has 0 unspecified atom stereocenters. The van der Waals surface area contributed by atoms with E-state index in [1.807, 2.05) is 6.92 Å². The van der Waals surface area contributed by atoms with Crippen molar-refractivity contribution >= 4 is 0 Å². The Morgan fingerprint density at radius 1 is 1.45 bits per heavy atom. The zero-order valence-electron chi connectivity index (χ0n) is 6.51. The van der Waals surface area contributed by atoms with Crippen molar-refractivity contribution < 1.29 is 9.13 Å². The molecular formula is C9H11FO. The summed E-state index contributed by atoms with van der Waals surface area (Å²) in [5.41, 5.74) is 0. The van der Waals surface area contributed by atoms with Crippen molar-refractivity contribution in [3.05, 3.63) is 30.1 Å². The first-order chi connectivity index (χ1) is 5.33. The van der Waals surface area contributed by atoms with E-state index in [0.29, 0.717) is 12.4 Å². The molecule has 2 heteroatoms. The largest absolute Gasteiger partial charge is 0.494 e. The van der Waals surface area contributed by atoms with Gasteiger partial charge >= 0.3 is 0 Å². The van der Waals surface area contributed by atoms with Crippen LogP contribution >= 0.6 is 0 Å². The fraction of sp³-hybridized carbons (Fsp3) is 0.333. The van der Waals surface area contributed by atoms with Gasteiger partial charge in [-0.15, -0.1) is 0 Å². The Labute approximate surface area is 65.8 Å². The van der Waals surface area contributed by atoms with Gasteiger partial charge in [-0.2, -0.15) is 0 Å². The molecule has 1 aromatic carbocycles. The second kappa shape index (κ2) is 3.96. The minimum Gasteiger partial charge on any atom is -0.494 e. The van der Waals surface area contributed by atoms with Crippen molar-refractivity contribution in [3.63, 3.8) is 0 Å². The first-order valence-electron chi connectivity index (χ1n) is 3.71. The van der Waals surface area contributed by atoms with E-state index in [1.54, 1.807) is 12.1 Å². The Morgan fingerprint density at radius 2 is 2.27 bits per heavy atom. The molecule has 0 saturated carbocycles. The minimum atomic E-state index is -0.251. The van der Waals surface area contributed by atoms with Crippen LogP contribution in [0, 0.1) is 5.82 Å². The summed E-state index contributed by atoms with van der Waals surface area (Å²) in [6, 6.07) is 6.17. The lowest BCUT2D eigenvalue weighted by atomic mass is 10.3. The van der Waals surface area contributed by atoms with Crippen LogP contribution in [0.2, 0.25) is 0 Å². The SMILES string of the molecule is CCCOc1cccc(F)c1. The number of halogens is 1. The standard InChI is InChI=1S/C9H11FO/c1-2-6-11-9-5-3-4-8(10)7-9/h3-5,7H,2,6H2,1H3. The van der Waals surface area contributed by atoms with E-state index >= 15 is 0 Å². The molecule has 0 heterocycles. The van der Waals surface area contributed by atoms with Gasteiger partial charge in [-0.25, -0.2) is 4.39 Å². The summed E-state index contributed by atoms with van der Waals surface area (Å²) < 4.78 is 17.7. The van der Waals surface area contributed by atoms with Crippen LogP contribution in [0.4, 0.5) is 4.39 Å². The average molecular weight is 154 g/mol. The second-order valence-electron chi connectivity index (χ2n) is 2.31. The lowest BCUT2D eigenvalue weighted by Gasteiger charge is -2.02. The van der Waals surface area contributed by atoms with Crippen molar-refractivity contribution in [2.24, 2.45) is 0 Å². The molecule has 1 nitrogen and oxygen atoms in total. The lowest BCUT2D eigenvalue weighted by Crippen LogP contribution is -1.94. The lowest BCUT2D eigenvalue weighted by molar-refractivity contribution is 0.316. The van der Waals surface area contributed by atoms with E-state index in [9.17, 15) is 4.39 Å². The molecule has 11 heavy (non-hydrogen) atoms. The van der Waals surface area contributed by atoms with Gasteiger partial charge < -0.3 is 4.74 Å². The van der Waals surface area contributed by atoms with Gasteiger partial charge in [0, 0.05) is 6.07 Å². The first-order valence-corrected chi connectivity index (χ1v) is 3.71. The van der Waals surface area contributed by atoms with Gasteiger partial charge in [-0.05, 0) is 18.6 Å². The van der Waals surface area contributed by atoms with Crippen LogP contribution in [-0.4, -0.2) is 6.61 Å². The van der Waals surface area contributed by atoms with Gasteiger partial charge in [0.2, 0.25) is 0 Å². The Bertz CT molecular complexity index is 223. The van der Waals surface area contributed by atoms with E-state index in [4.69, 9.17) is 4.74 Å². The molecule has 0 amide bonds. The van der Waals surface area contributed by atoms with Gasteiger partial charge in [0.05, 0.1) is 6.61 Å². The highest BCUT2D eigenvalue weighted by molar-refractivity contribution is 5.22. The van der Waals surface area contributed by atoms with Gasteiger partial charge in [0.15, 0.2) is 0 Å². The van der Waals surface area contributed by atoms with Crippen molar-refractivity contribution in [1.29, 1.82) is 0 Å². The van der Waals surface area contributed by atoms with Crippen molar-refractivity contribution in [3.8, 4) is 5.75 Å². The summed E-state index contributed by atoms with van der Waals surface area (Å²) in [5.74, 6) is 0.352.